The van der Waals surface area contributed by atoms with E-state index in [-0.39, 0.29) is 30.5 Å². The van der Waals surface area contributed by atoms with Gasteiger partial charge in [-0.1, -0.05) is 30.4 Å². The number of aryl methyl sites for hydroxylation is 1. The van der Waals surface area contributed by atoms with Crippen LogP contribution in [-0.2, 0) is 22.6 Å². The van der Waals surface area contributed by atoms with Gasteiger partial charge in [-0.25, -0.2) is 0 Å². The van der Waals surface area contributed by atoms with Crippen LogP contribution < -0.4 is 10.1 Å². The van der Waals surface area contributed by atoms with E-state index < -0.39 is 12.7 Å². The van der Waals surface area contributed by atoms with Crippen molar-refractivity contribution >= 4 is 28.3 Å². The highest BCUT2D eigenvalue weighted by Gasteiger charge is 2.36. The Morgan fingerprint density at radius 3 is 2.74 bits per heavy atom. The minimum absolute atomic E-state index is 0.0405. The zero-order chi connectivity index (χ0) is 19.4. The average molecular weight is 396 g/mol. The second kappa shape index (κ2) is 8.38. The summed E-state index contributed by atoms with van der Waals surface area (Å²) in [6.07, 6.45) is 1.42. The van der Waals surface area contributed by atoms with Crippen LogP contribution in [0.25, 0.3) is 0 Å². The smallest absolute Gasteiger partial charge is 0.387 e. The van der Waals surface area contributed by atoms with Crippen molar-refractivity contribution in [3.8, 4) is 5.75 Å². The number of carbonyl (C=O) groups excluding carboxylic acids is 2. The van der Waals surface area contributed by atoms with Crippen molar-refractivity contribution in [1.29, 1.82) is 0 Å². The molecular formula is C17H18F2N4O3S. The summed E-state index contributed by atoms with van der Waals surface area (Å²) in [6.45, 7) is -0.735. The van der Waals surface area contributed by atoms with Crippen molar-refractivity contribution in [2.75, 3.05) is 5.32 Å². The predicted octanol–water partition coefficient (Wildman–Crippen LogP) is 2.83. The molecule has 1 aliphatic heterocycles. The molecule has 1 aromatic heterocycles. The van der Waals surface area contributed by atoms with Crippen molar-refractivity contribution in [1.82, 2.24) is 15.1 Å². The Morgan fingerprint density at radius 1 is 1.37 bits per heavy atom. The number of carbonyl (C=O) groups is 2. The van der Waals surface area contributed by atoms with Crippen LogP contribution in [0, 0.1) is 0 Å². The van der Waals surface area contributed by atoms with E-state index in [9.17, 15) is 18.4 Å². The molecule has 27 heavy (non-hydrogen) atoms. The molecule has 144 valence electrons. The van der Waals surface area contributed by atoms with Crippen LogP contribution >= 0.6 is 11.3 Å². The molecule has 0 aliphatic carbocycles. The van der Waals surface area contributed by atoms with E-state index in [0.29, 0.717) is 17.1 Å². The normalized spacial score (nSPS) is 16.8. The fraction of sp³-hybridized carbons (Fsp3) is 0.412. The molecule has 0 saturated carbocycles. The minimum Gasteiger partial charge on any atom is -0.435 e. The number of ether oxygens (including phenoxy) is 1. The molecule has 2 amide bonds. The van der Waals surface area contributed by atoms with Crippen LogP contribution in [0.3, 0.4) is 0 Å². The molecule has 1 aliphatic rings. The molecule has 2 heterocycles. The molecule has 1 atom stereocenters. The van der Waals surface area contributed by atoms with E-state index >= 15 is 0 Å². The summed E-state index contributed by atoms with van der Waals surface area (Å²) in [4.78, 5) is 26.3. The van der Waals surface area contributed by atoms with Crippen LogP contribution in [0.15, 0.2) is 24.3 Å². The molecule has 0 radical (unpaired) electrons. The van der Waals surface area contributed by atoms with Crippen molar-refractivity contribution < 1.29 is 23.1 Å². The third kappa shape index (κ3) is 4.76. The Morgan fingerprint density at radius 2 is 2.11 bits per heavy atom. The number of alkyl halides is 2. The molecule has 2 aromatic rings. The van der Waals surface area contributed by atoms with Gasteiger partial charge in [0, 0.05) is 13.0 Å². The van der Waals surface area contributed by atoms with Crippen molar-refractivity contribution in [2.24, 2.45) is 0 Å². The van der Waals surface area contributed by atoms with Gasteiger partial charge in [0.15, 0.2) is 0 Å². The standard InChI is InChI=1S/C17H18F2N4O3S/c1-2-13-21-22-17(27-13)20-15(25)12-7-8-14(24)23(12)9-10-3-5-11(6-4-10)26-16(18)19/h3-6,12,16H,2,7-9H2,1H3,(H,20,22,25). The summed E-state index contributed by atoms with van der Waals surface area (Å²) in [5.74, 6) is -0.398. The Bertz CT molecular complexity index is 813. The molecule has 1 N–H and O–H groups in total. The van der Waals surface area contributed by atoms with Gasteiger partial charge in [0.05, 0.1) is 0 Å². The van der Waals surface area contributed by atoms with Gasteiger partial charge in [-0.3, -0.25) is 14.9 Å². The van der Waals surface area contributed by atoms with E-state index in [1.165, 1.54) is 28.4 Å². The lowest BCUT2D eigenvalue weighted by atomic mass is 10.1. The van der Waals surface area contributed by atoms with Gasteiger partial charge in [-0.15, -0.1) is 10.2 Å². The van der Waals surface area contributed by atoms with Gasteiger partial charge in [0.2, 0.25) is 16.9 Å². The fourth-order valence-electron chi connectivity index (χ4n) is 2.81. The topological polar surface area (TPSA) is 84.4 Å². The van der Waals surface area contributed by atoms with Crippen molar-refractivity contribution in [3.63, 3.8) is 0 Å². The first-order valence-corrected chi connectivity index (χ1v) is 9.24. The van der Waals surface area contributed by atoms with Gasteiger partial charge in [-0.05, 0) is 30.5 Å². The molecule has 10 heteroatoms. The third-order valence-corrected chi connectivity index (χ3v) is 5.11. The van der Waals surface area contributed by atoms with Crippen LogP contribution in [0.2, 0.25) is 0 Å². The summed E-state index contributed by atoms with van der Waals surface area (Å²) in [5.41, 5.74) is 0.717. The Balaban J connectivity index is 1.65. The third-order valence-electron chi connectivity index (χ3n) is 4.13. The Kier molecular flexibility index (Phi) is 5.94. The summed E-state index contributed by atoms with van der Waals surface area (Å²) in [7, 11) is 0. The number of likely N-dealkylation sites (tertiary alicyclic amines) is 1. The van der Waals surface area contributed by atoms with Crippen molar-refractivity contribution in [2.45, 2.75) is 45.4 Å². The highest BCUT2D eigenvalue weighted by Crippen LogP contribution is 2.25. The van der Waals surface area contributed by atoms with E-state index in [2.05, 4.69) is 20.3 Å². The molecule has 1 aromatic carbocycles. The van der Waals surface area contributed by atoms with Gasteiger partial charge >= 0.3 is 6.61 Å². The maximum atomic E-state index is 12.6. The monoisotopic (exact) mass is 396 g/mol. The molecular weight excluding hydrogens is 378 g/mol. The summed E-state index contributed by atoms with van der Waals surface area (Å²) in [6, 6.07) is 5.39. The van der Waals surface area contributed by atoms with Crippen LogP contribution in [0.1, 0.15) is 30.3 Å². The zero-order valence-electron chi connectivity index (χ0n) is 14.5. The maximum Gasteiger partial charge on any atom is 0.387 e. The predicted molar refractivity (Wildman–Crippen MR) is 94.6 cm³/mol. The molecule has 1 unspecified atom stereocenters. The molecule has 1 saturated heterocycles. The van der Waals surface area contributed by atoms with Gasteiger partial charge < -0.3 is 9.64 Å². The molecule has 7 nitrogen and oxygen atoms in total. The molecule has 0 spiro atoms. The average Bonchev–Trinajstić information content (AvgIpc) is 3.23. The van der Waals surface area contributed by atoms with Gasteiger partial charge in [-0.2, -0.15) is 8.78 Å². The molecule has 1 fully saturated rings. The number of benzene rings is 1. The number of nitrogens with one attached hydrogen (secondary N) is 1. The number of amides is 2. The lowest BCUT2D eigenvalue weighted by Crippen LogP contribution is -2.41. The van der Waals surface area contributed by atoms with Crippen LogP contribution in [-0.4, -0.2) is 39.6 Å². The van der Waals surface area contributed by atoms with E-state index in [0.717, 1.165) is 11.4 Å². The maximum absolute atomic E-state index is 12.6. The fourth-order valence-corrected chi connectivity index (χ4v) is 3.50. The number of halogens is 2. The van der Waals surface area contributed by atoms with E-state index in [1.807, 2.05) is 6.92 Å². The van der Waals surface area contributed by atoms with E-state index in [1.54, 1.807) is 12.1 Å². The van der Waals surface area contributed by atoms with Crippen LogP contribution in [0.5, 0.6) is 5.75 Å². The van der Waals surface area contributed by atoms with Gasteiger partial charge in [0.25, 0.3) is 0 Å². The number of anilines is 1. The number of hydrogen-bond donors (Lipinski definition) is 1. The number of rotatable bonds is 7. The highest BCUT2D eigenvalue weighted by atomic mass is 32.1. The summed E-state index contributed by atoms with van der Waals surface area (Å²) in [5, 5.41) is 11.8. The largest absolute Gasteiger partial charge is 0.435 e. The summed E-state index contributed by atoms with van der Waals surface area (Å²) < 4.78 is 28.7. The molecule has 0 bridgehead atoms. The Labute approximate surface area is 158 Å². The lowest BCUT2D eigenvalue weighted by Gasteiger charge is -2.23. The minimum atomic E-state index is -2.89. The van der Waals surface area contributed by atoms with Crippen LogP contribution in [0.4, 0.5) is 13.9 Å². The second-order valence-corrected chi connectivity index (χ2v) is 7.00. The van der Waals surface area contributed by atoms with Gasteiger partial charge in [0.1, 0.15) is 16.8 Å². The first kappa shape index (κ1) is 19.2. The first-order valence-electron chi connectivity index (χ1n) is 8.42. The zero-order valence-corrected chi connectivity index (χ0v) is 15.3. The summed E-state index contributed by atoms with van der Waals surface area (Å²) >= 11 is 1.30. The first-order chi connectivity index (χ1) is 13.0. The quantitative estimate of drug-likeness (QED) is 0.778. The molecule has 3 rings (SSSR count). The lowest BCUT2D eigenvalue weighted by molar-refractivity contribution is -0.133. The highest BCUT2D eigenvalue weighted by molar-refractivity contribution is 7.15. The number of hydrogen-bond acceptors (Lipinski definition) is 6. The SMILES string of the molecule is CCc1nnc(NC(=O)C2CCC(=O)N2Cc2ccc(OC(F)F)cc2)s1. The van der Waals surface area contributed by atoms with E-state index in [4.69, 9.17) is 0 Å². The van der Waals surface area contributed by atoms with Crippen molar-refractivity contribution in [3.05, 3.63) is 34.8 Å². The second-order valence-electron chi connectivity index (χ2n) is 5.94. The number of nitrogens with zero attached hydrogens (tertiary/aromatic N) is 3. The Hall–Kier alpha value is -2.62. The number of aromatic nitrogens is 2.